The summed E-state index contributed by atoms with van der Waals surface area (Å²) in [5.74, 6) is 0.140. The Balaban J connectivity index is 2.45. The molecule has 0 aliphatic heterocycles. The van der Waals surface area contributed by atoms with Crippen LogP contribution in [0.1, 0.15) is 0 Å². The van der Waals surface area contributed by atoms with E-state index in [0.717, 1.165) is 16.5 Å². The number of fused-ring (bicyclic) bond motifs is 1. The van der Waals surface area contributed by atoms with Gasteiger partial charge in [0.05, 0.1) is 0 Å². The van der Waals surface area contributed by atoms with Crippen molar-refractivity contribution in [3.8, 4) is 16.9 Å². The van der Waals surface area contributed by atoms with Gasteiger partial charge in [0.15, 0.2) is 0 Å². The maximum Gasteiger partial charge on any atom is 0.272 e. The Kier molecular flexibility index (Phi) is 2.49. The first kappa shape index (κ1) is 11.3. The Labute approximate surface area is 109 Å². The summed E-state index contributed by atoms with van der Waals surface area (Å²) in [6.45, 7) is 0. The van der Waals surface area contributed by atoms with E-state index in [9.17, 15) is 9.90 Å². The van der Waals surface area contributed by atoms with Gasteiger partial charge in [-0.15, -0.1) is 0 Å². The van der Waals surface area contributed by atoms with Gasteiger partial charge in [0, 0.05) is 16.5 Å². The molecule has 4 heteroatoms. The normalized spacial score (nSPS) is 10.7. The molecular weight excluding hydrogens is 240 g/mol. The predicted octanol–water partition coefficient (Wildman–Crippen LogP) is 2.48. The highest BCUT2D eigenvalue weighted by molar-refractivity contribution is 6.00. The average Bonchev–Trinajstić information content (AvgIpc) is 2.40. The molecule has 4 N–H and O–H groups in total. The number of phenols is 1. The number of phenolic OH excluding ortho intramolecular Hbond substituents is 1. The third-order valence-electron chi connectivity index (χ3n) is 3.09. The number of aromatic amines is 1. The molecule has 1 aromatic heterocycles. The molecule has 0 aliphatic rings. The number of anilines is 1. The molecule has 1 heterocycles. The van der Waals surface area contributed by atoms with Gasteiger partial charge in [0.2, 0.25) is 0 Å². The second-order valence-electron chi connectivity index (χ2n) is 4.34. The van der Waals surface area contributed by atoms with Crippen molar-refractivity contribution in [2.45, 2.75) is 0 Å². The smallest absolute Gasteiger partial charge is 0.272 e. The van der Waals surface area contributed by atoms with Gasteiger partial charge in [0.1, 0.15) is 11.4 Å². The SMILES string of the molecule is Nc1c(-c2cccc(O)c2)c2ccccc2[nH]c1=O. The van der Waals surface area contributed by atoms with Crippen LogP contribution in [0.3, 0.4) is 0 Å². The van der Waals surface area contributed by atoms with Crippen molar-refractivity contribution in [1.29, 1.82) is 0 Å². The lowest BCUT2D eigenvalue weighted by molar-refractivity contribution is 0.475. The Morgan fingerprint density at radius 3 is 2.63 bits per heavy atom. The Morgan fingerprint density at radius 1 is 1.05 bits per heavy atom. The van der Waals surface area contributed by atoms with Gasteiger partial charge in [-0.2, -0.15) is 0 Å². The summed E-state index contributed by atoms with van der Waals surface area (Å²) in [6, 6.07) is 14.2. The summed E-state index contributed by atoms with van der Waals surface area (Å²) in [5, 5.41) is 10.4. The number of aromatic hydroxyl groups is 1. The second kappa shape index (κ2) is 4.17. The number of rotatable bonds is 1. The van der Waals surface area contributed by atoms with E-state index in [1.807, 2.05) is 30.3 Å². The van der Waals surface area contributed by atoms with Crippen molar-refractivity contribution in [3.05, 3.63) is 58.9 Å². The maximum atomic E-state index is 11.9. The van der Waals surface area contributed by atoms with Crippen molar-refractivity contribution in [1.82, 2.24) is 4.98 Å². The number of nitrogens with one attached hydrogen (secondary N) is 1. The Bertz CT molecular complexity index is 822. The molecule has 3 rings (SSSR count). The molecule has 0 saturated carbocycles. The summed E-state index contributed by atoms with van der Waals surface area (Å²) in [4.78, 5) is 14.6. The van der Waals surface area contributed by atoms with Crippen molar-refractivity contribution < 1.29 is 5.11 Å². The van der Waals surface area contributed by atoms with Gasteiger partial charge >= 0.3 is 0 Å². The van der Waals surface area contributed by atoms with Crippen LogP contribution in [-0.2, 0) is 0 Å². The fourth-order valence-corrected chi connectivity index (χ4v) is 2.23. The number of aromatic nitrogens is 1. The van der Waals surface area contributed by atoms with E-state index in [1.165, 1.54) is 0 Å². The second-order valence-corrected chi connectivity index (χ2v) is 4.34. The number of para-hydroxylation sites is 1. The molecule has 0 amide bonds. The molecule has 0 saturated heterocycles. The van der Waals surface area contributed by atoms with Gasteiger partial charge in [-0.05, 0) is 23.8 Å². The van der Waals surface area contributed by atoms with E-state index in [1.54, 1.807) is 18.2 Å². The molecule has 3 aromatic rings. The molecule has 0 fully saturated rings. The van der Waals surface area contributed by atoms with Crippen LogP contribution in [0.5, 0.6) is 5.75 Å². The molecule has 0 radical (unpaired) electrons. The minimum Gasteiger partial charge on any atom is -0.508 e. The monoisotopic (exact) mass is 252 g/mol. The van der Waals surface area contributed by atoms with Gasteiger partial charge in [-0.25, -0.2) is 0 Å². The first-order valence-electron chi connectivity index (χ1n) is 5.87. The van der Waals surface area contributed by atoms with Crippen molar-refractivity contribution >= 4 is 16.6 Å². The van der Waals surface area contributed by atoms with E-state index in [0.29, 0.717) is 5.56 Å². The average molecular weight is 252 g/mol. The third-order valence-corrected chi connectivity index (χ3v) is 3.09. The van der Waals surface area contributed by atoms with E-state index in [2.05, 4.69) is 4.98 Å². The summed E-state index contributed by atoms with van der Waals surface area (Å²) in [5.41, 5.74) is 7.83. The van der Waals surface area contributed by atoms with E-state index in [4.69, 9.17) is 5.73 Å². The highest BCUT2D eigenvalue weighted by atomic mass is 16.3. The minimum atomic E-state index is -0.322. The lowest BCUT2D eigenvalue weighted by atomic mass is 9.99. The Morgan fingerprint density at radius 2 is 1.84 bits per heavy atom. The number of pyridine rings is 1. The predicted molar refractivity (Wildman–Crippen MR) is 76.1 cm³/mol. The zero-order chi connectivity index (χ0) is 13.4. The molecule has 0 unspecified atom stereocenters. The molecule has 4 nitrogen and oxygen atoms in total. The molecule has 19 heavy (non-hydrogen) atoms. The zero-order valence-corrected chi connectivity index (χ0v) is 10.1. The Hall–Kier alpha value is -2.75. The summed E-state index contributed by atoms with van der Waals surface area (Å²) in [6.07, 6.45) is 0. The first-order chi connectivity index (χ1) is 9.16. The summed E-state index contributed by atoms with van der Waals surface area (Å²) >= 11 is 0. The molecular formula is C15H12N2O2. The van der Waals surface area contributed by atoms with Crippen LogP contribution in [0.15, 0.2) is 53.3 Å². The first-order valence-corrected chi connectivity index (χ1v) is 5.87. The lowest BCUT2D eigenvalue weighted by Gasteiger charge is -2.10. The van der Waals surface area contributed by atoms with Crippen LogP contribution in [0.4, 0.5) is 5.69 Å². The van der Waals surface area contributed by atoms with Crippen LogP contribution in [0, 0.1) is 0 Å². The van der Waals surface area contributed by atoms with Crippen molar-refractivity contribution in [2.75, 3.05) is 5.73 Å². The van der Waals surface area contributed by atoms with Crippen molar-refractivity contribution in [3.63, 3.8) is 0 Å². The molecule has 0 aliphatic carbocycles. The fraction of sp³-hybridized carbons (Fsp3) is 0. The number of nitrogens with two attached hydrogens (primary N) is 1. The van der Waals surface area contributed by atoms with Crippen LogP contribution >= 0.6 is 0 Å². The number of H-pyrrole nitrogens is 1. The molecule has 0 atom stereocenters. The maximum absolute atomic E-state index is 11.9. The van der Waals surface area contributed by atoms with Gasteiger partial charge in [-0.1, -0.05) is 30.3 Å². The lowest BCUT2D eigenvalue weighted by Crippen LogP contribution is -2.13. The highest BCUT2D eigenvalue weighted by Crippen LogP contribution is 2.32. The molecule has 94 valence electrons. The van der Waals surface area contributed by atoms with E-state index in [-0.39, 0.29) is 17.0 Å². The fourth-order valence-electron chi connectivity index (χ4n) is 2.23. The quantitative estimate of drug-likeness (QED) is 0.622. The molecule has 0 bridgehead atoms. The van der Waals surface area contributed by atoms with Crippen LogP contribution in [0.2, 0.25) is 0 Å². The van der Waals surface area contributed by atoms with Crippen LogP contribution in [-0.4, -0.2) is 10.1 Å². The summed E-state index contributed by atoms with van der Waals surface area (Å²) < 4.78 is 0. The number of hydrogen-bond donors (Lipinski definition) is 3. The van der Waals surface area contributed by atoms with Gasteiger partial charge in [-0.3, -0.25) is 4.79 Å². The van der Waals surface area contributed by atoms with Crippen LogP contribution < -0.4 is 11.3 Å². The number of hydrogen-bond acceptors (Lipinski definition) is 3. The van der Waals surface area contributed by atoms with E-state index < -0.39 is 0 Å². The summed E-state index contributed by atoms with van der Waals surface area (Å²) in [7, 11) is 0. The largest absolute Gasteiger partial charge is 0.508 e. The highest BCUT2D eigenvalue weighted by Gasteiger charge is 2.11. The standard InChI is InChI=1S/C15H12N2O2/c16-14-13(9-4-3-5-10(18)8-9)11-6-1-2-7-12(11)17-15(14)19/h1-8,18H,16H2,(H,17,19). The molecule has 2 aromatic carbocycles. The van der Waals surface area contributed by atoms with Gasteiger partial charge < -0.3 is 15.8 Å². The third kappa shape index (κ3) is 1.83. The van der Waals surface area contributed by atoms with Crippen molar-refractivity contribution in [2.24, 2.45) is 0 Å². The van der Waals surface area contributed by atoms with E-state index >= 15 is 0 Å². The number of nitrogen functional groups attached to an aromatic ring is 1. The minimum absolute atomic E-state index is 0.140. The van der Waals surface area contributed by atoms with Crippen LogP contribution in [0.25, 0.3) is 22.0 Å². The number of benzene rings is 2. The zero-order valence-electron chi connectivity index (χ0n) is 10.1. The van der Waals surface area contributed by atoms with Gasteiger partial charge in [0.25, 0.3) is 5.56 Å². The topological polar surface area (TPSA) is 79.1 Å². The molecule has 0 spiro atoms.